The number of rotatable bonds is 4. The van der Waals surface area contributed by atoms with Gasteiger partial charge >= 0.3 is 0 Å². The lowest BCUT2D eigenvalue weighted by atomic mass is 10.0. The Morgan fingerprint density at radius 2 is 2.30 bits per heavy atom. The lowest BCUT2D eigenvalue weighted by Crippen LogP contribution is -2.22. The van der Waals surface area contributed by atoms with Crippen molar-refractivity contribution < 1.29 is 0 Å². The van der Waals surface area contributed by atoms with Crippen molar-refractivity contribution in [2.75, 3.05) is 25.5 Å². The standard InChI is InChI=1S/C16H21N3S/c1-18(2)14-6-3-5-13(9-14)16-7-4-8-19(16)11-15-10-17-12-20-15/h3,5-6,9-10,12,16H,4,7-8,11H2,1-2H3/t16-/m0/s1. The highest BCUT2D eigenvalue weighted by Gasteiger charge is 2.26. The number of nitrogens with zero attached hydrogens (tertiary/aromatic N) is 3. The van der Waals surface area contributed by atoms with Gasteiger partial charge in [0.15, 0.2) is 0 Å². The molecule has 3 nitrogen and oxygen atoms in total. The van der Waals surface area contributed by atoms with E-state index in [2.05, 4.69) is 53.1 Å². The van der Waals surface area contributed by atoms with Crippen LogP contribution in [0.5, 0.6) is 0 Å². The highest BCUT2D eigenvalue weighted by atomic mass is 32.1. The van der Waals surface area contributed by atoms with Gasteiger partial charge in [-0.1, -0.05) is 12.1 Å². The van der Waals surface area contributed by atoms with Crippen LogP contribution in [0.3, 0.4) is 0 Å². The zero-order valence-corrected chi connectivity index (χ0v) is 12.9. The van der Waals surface area contributed by atoms with Crippen LogP contribution in [-0.4, -0.2) is 30.5 Å². The van der Waals surface area contributed by atoms with Gasteiger partial charge in [0.1, 0.15) is 0 Å². The molecule has 0 N–H and O–H groups in total. The number of anilines is 1. The Kier molecular flexibility index (Phi) is 4.03. The highest BCUT2D eigenvalue weighted by Crippen LogP contribution is 2.34. The second-order valence-corrected chi connectivity index (χ2v) is 6.56. The summed E-state index contributed by atoms with van der Waals surface area (Å²) < 4.78 is 0. The Morgan fingerprint density at radius 3 is 3.05 bits per heavy atom. The second-order valence-electron chi connectivity index (χ2n) is 5.59. The van der Waals surface area contributed by atoms with E-state index in [0.29, 0.717) is 6.04 Å². The molecule has 4 heteroatoms. The van der Waals surface area contributed by atoms with Gasteiger partial charge < -0.3 is 4.90 Å². The Labute approximate surface area is 124 Å². The summed E-state index contributed by atoms with van der Waals surface area (Å²) in [4.78, 5) is 10.3. The van der Waals surface area contributed by atoms with E-state index in [1.165, 1.54) is 35.5 Å². The molecule has 0 saturated carbocycles. The van der Waals surface area contributed by atoms with Gasteiger partial charge in [0.05, 0.1) is 5.51 Å². The third kappa shape index (κ3) is 2.86. The Bertz CT molecular complexity index is 551. The molecule has 0 amide bonds. The first-order valence-electron chi connectivity index (χ1n) is 7.13. The van der Waals surface area contributed by atoms with Crippen molar-refractivity contribution in [3.63, 3.8) is 0 Å². The minimum absolute atomic E-state index is 0.553. The summed E-state index contributed by atoms with van der Waals surface area (Å²) >= 11 is 1.75. The van der Waals surface area contributed by atoms with E-state index in [9.17, 15) is 0 Å². The predicted octanol–water partition coefficient (Wildman–Crippen LogP) is 3.55. The number of hydrogen-bond donors (Lipinski definition) is 0. The molecule has 106 valence electrons. The molecule has 1 saturated heterocycles. The van der Waals surface area contributed by atoms with Gasteiger partial charge in [0.2, 0.25) is 0 Å². The van der Waals surface area contributed by atoms with E-state index in [0.717, 1.165) is 6.54 Å². The maximum atomic E-state index is 4.18. The van der Waals surface area contributed by atoms with Crippen molar-refractivity contribution in [2.24, 2.45) is 0 Å². The molecular weight excluding hydrogens is 266 g/mol. The van der Waals surface area contributed by atoms with Crippen molar-refractivity contribution in [3.8, 4) is 0 Å². The van der Waals surface area contributed by atoms with Gasteiger partial charge in [-0.2, -0.15) is 0 Å². The SMILES string of the molecule is CN(C)c1cccc([C@@H]2CCCN2Cc2cncs2)c1. The molecule has 0 radical (unpaired) electrons. The zero-order valence-electron chi connectivity index (χ0n) is 12.1. The average molecular weight is 287 g/mol. The number of aromatic nitrogens is 1. The maximum absolute atomic E-state index is 4.18. The molecule has 1 aliphatic heterocycles. The number of benzene rings is 1. The number of thiazole rings is 1. The molecule has 1 aromatic heterocycles. The van der Waals surface area contributed by atoms with E-state index in [1.54, 1.807) is 11.3 Å². The molecular formula is C16H21N3S. The van der Waals surface area contributed by atoms with Crippen molar-refractivity contribution in [1.82, 2.24) is 9.88 Å². The fourth-order valence-corrected chi connectivity index (χ4v) is 3.54. The third-order valence-corrected chi connectivity index (χ3v) is 4.74. The molecule has 0 bridgehead atoms. The molecule has 2 heterocycles. The lowest BCUT2D eigenvalue weighted by Gasteiger charge is -2.25. The molecule has 1 fully saturated rings. The molecule has 0 unspecified atom stereocenters. The Morgan fingerprint density at radius 1 is 1.40 bits per heavy atom. The third-order valence-electron chi connectivity index (χ3n) is 3.98. The van der Waals surface area contributed by atoms with Crippen LogP contribution < -0.4 is 4.90 Å². The van der Waals surface area contributed by atoms with Gasteiger partial charge in [-0.25, -0.2) is 0 Å². The fraction of sp³-hybridized carbons (Fsp3) is 0.438. The molecule has 1 aliphatic rings. The molecule has 1 atom stereocenters. The van der Waals surface area contributed by atoms with E-state index in [-0.39, 0.29) is 0 Å². The van der Waals surface area contributed by atoms with Crippen LogP contribution in [0, 0.1) is 0 Å². The van der Waals surface area contributed by atoms with Crippen LogP contribution in [0.2, 0.25) is 0 Å². The monoisotopic (exact) mass is 287 g/mol. The van der Waals surface area contributed by atoms with Crippen LogP contribution in [0.4, 0.5) is 5.69 Å². The van der Waals surface area contributed by atoms with E-state index in [1.807, 2.05) is 11.7 Å². The molecule has 3 rings (SSSR count). The number of likely N-dealkylation sites (tertiary alicyclic amines) is 1. The van der Waals surface area contributed by atoms with Crippen molar-refractivity contribution >= 4 is 17.0 Å². The van der Waals surface area contributed by atoms with Gasteiger partial charge in [0, 0.05) is 43.4 Å². The molecule has 0 spiro atoms. The van der Waals surface area contributed by atoms with Crippen molar-refractivity contribution in [2.45, 2.75) is 25.4 Å². The minimum atomic E-state index is 0.553. The molecule has 2 aromatic rings. The van der Waals surface area contributed by atoms with Crippen LogP contribution in [0.1, 0.15) is 29.3 Å². The highest BCUT2D eigenvalue weighted by molar-refractivity contribution is 7.09. The zero-order chi connectivity index (χ0) is 13.9. The van der Waals surface area contributed by atoms with Gasteiger partial charge in [-0.15, -0.1) is 11.3 Å². The summed E-state index contributed by atoms with van der Waals surface area (Å²) in [5.74, 6) is 0. The van der Waals surface area contributed by atoms with Gasteiger partial charge in [-0.3, -0.25) is 9.88 Å². The quantitative estimate of drug-likeness (QED) is 0.857. The van der Waals surface area contributed by atoms with Crippen molar-refractivity contribution in [1.29, 1.82) is 0 Å². The minimum Gasteiger partial charge on any atom is -0.378 e. The maximum Gasteiger partial charge on any atom is 0.0794 e. The largest absolute Gasteiger partial charge is 0.378 e. The molecule has 20 heavy (non-hydrogen) atoms. The average Bonchev–Trinajstić information content (AvgIpc) is 3.11. The van der Waals surface area contributed by atoms with Crippen molar-refractivity contribution in [3.05, 3.63) is 46.4 Å². The summed E-state index contributed by atoms with van der Waals surface area (Å²) in [5, 5.41) is 0. The van der Waals surface area contributed by atoms with E-state index in [4.69, 9.17) is 0 Å². The van der Waals surface area contributed by atoms with E-state index < -0.39 is 0 Å². The van der Waals surface area contributed by atoms with E-state index >= 15 is 0 Å². The number of hydrogen-bond acceptors (Lipinski definition) is 4. The molecule has 0 aliphatic carbocycles. The smallest absolute Gasteiger partial charge is 0.0794 e. The van der Waals surface area contributed by atoms with Crippen LogP contribution in [0.25, 0.3) is 0 Å². The van der Waals surface area contributed by atoms with Crippen LogP contribution in [0.15, 0.2) is 36.0 Å². The normalized spacial score (nSPS) is 19.4. The second kappa shape index (κ2) is 5.94. The summed E-state index contributed by atoms with van der Waals surface area (Å²) in [5.41, 5.74) is 4.65. The van der Waals surface area contributed by atoms with Crippen LogP contribution in [-0.2, 0) is 6.54 Å². The van der Waals surface area contributed by atoms with Crippen LogP contribution >= 0.6 is 11.3 Å². The Balaban J connectivity index is 1.79. The lowest BCUT2D eigenvalue weighted by molar-refractivity contribution is 0.250. The predicted molar refractivity (Wildman–Crippen MR) is 85.3 cm³/mol. The summed E-state index contributed by atoms with van der Waals surface area (Å²) in [7, 11) is 4.20. The first kappa shape index (κ1) is 13.6. The van der Waals surface area contributed by atoms with Gasteiger partial charge in [-0.05, 0) is 37.1 Å². The van der Waals surface area contributed by atoms with Gasteiger partial charge in [0.25, 0.3) is 0 Å². The summed E-state index contributed by atoms with van der Waals surface area (Å²) in [6.45, 7) is 2.22. The first-order chi connectivity index (χ1) is 9.74. The summed E-state index contributed by atoms with van der Waals surface area (Å²) in [6.07, 6.45) is 4.54. The fourth-order valence-electron chi connectivity index (χ4n) is 2.92. The topological polar surface area (TPSA) is 19.4 Å². The summed E-state index contributed by atoms with van der Waals surface area (Å²) in [6, 6.07) is 9.50. The first-order valence-corrected chi connectivity index (χ1v) is 8.01. The molecule has 1 aromatic carbocycles. The Hall–Kier alpha value is -1.39.